The number of hydrogen-bond donors (Lipinski definition) is 2. The van der Waals surface area contributed by atoms with Gasteiger partial charge in [0.2, 0.25) is 11.9 Å². The number of aromatic nitrogens is 2. The molecule has 1 aromatic heterocycles. The highest BCUT2D eigenvalue weighted by molar-refractivity contribution is 5.77. The molecule has 12 heteroatoms. The van der Waals surface area contributed by atoms with Crippen LogP contribution in [0.3, 0.4) is 0 Å². The maximum absolute atomic E-state index is 14.8. The lowest BCUT2D eigenvalue weighted by molar-refractivity contribution is -0.133. The van der Waals surface area contributed by atoms with Crippen molar-refractivity contribution in [2.45, 2.75) is 12.5 Å². The first kappa shape index (κ1) is 27.1. The van der Waals surface area contributed by atoms with Crippen molar-refractivity contribution in [1.82, 2.24) is 14.9 Å². The molecule has 11 nitrogen and oxygen atoms in total. The van der Waals surface area contributed by atoms with Crippen molar-refractivity contribution in [2.24, 2.45) is 0 Å². The highest BCUT2D eigenvalue weighted by Crippen LogP contribution is 2.33. The smallest absolute Gasteiger partial charge is 0.248 e. The van der Waals surface area contributed by atoms with Crippen LogP contribution in [0.25, 0.3) is 11.3 Å². The molecule has 5 rings (SSSR count). The van der Waals surface area contributed by atoms with Crippen molar-refractivity contribution < 1.29 is 28.5 Å². The molecule has 2 N–H and O–H groups in total. The molecular formula is C28H29FN6O5. The number of hydrogen-bond acceptors (Lipinski definition) is 10. The van der Waals surface area contributed by atoms with E-state index in [0.717, 1.165) is 25.0 Å². The Morgan fingerprint density at radius 3 is 2.80 bits per heavy atom. The molecule has 1 amide bonds. The number of nitriles is 1. The van der Waals surface area contributed by atoms with E-state index in [4.69, 9.17) is 19.3 Å². The lowest BCUT2D eigenvalue weighted by Gasteiger charge is -2.30. The Labute approximate surface area is 230 Å². The van der Waals surface area contributed by atoms with Crippen LogP contribution in [0.15, 0.2) is 42.6 Å². The zero-order valence-corrected chi connectivity index (χ0v) is 22.0. The summed E-state index contributed by atoms with van der Waals surface area (Å²) in [4.78, 5) is 23.9. The second-order valence-electron chi connectivity index (χ2n) is 9.35. The average Bonchev–Trinajstić information content (AvgIpc) is 3.47. The molecule has 0 spiro atoms. The third-order valence-electron chi connectivity index (χ3n) is 6.83. The number of ether oxygens (including phenoxy) is 3. The number of anilines is 3. The summed E-state index contributed by atoms with van der Waals surface area (Å²) < 4.78 is 31.8. The fourth-order valence-corrected chi connectivity index (χ4v) is 4.78. The number of aliphatic hydroxyl groups is 1. The first-order valence-corrected chi connectivity index (χ1v) is 12.9. The van der Waals surface area contributed by atoms with Gasteiger partial charge in [-0.05, 0) is 30.3 Å². The highest BCUT2D eigenvalue weighted by atomic mass is 19.1. The van der Waals surface area contributed by atoms with E-state index in [2.05, 4.69) is 26.3 Å². The molecule has 0 bridgehead atoms. The number of nitrogens with zero attached hydrogens (tertiary/aromatic N) is 5. The van der Waals surface area contributed by atoms with Crippen LogP contribution in [-0.4, -0.2) is 85.1 Å². The molecule has 0 aliphatic carbocycles. The van der Waals surface area contributed by atoms with E-state index >= 15 is 0 Å². The van der Waals surface area contributed by atoms with Crippen molar-refractivity contribution in [3.05, 3.63) is 54.0 Å². The molecule has 2 saturated heterocycles. The van der Waals surface area contributed by atoms with Crippen LogP contribution in [0, 0.1) is 17.1 Å². The average molecular weight is 549 g/mol. The van der Waals surface area contributed by atoms with Gasteiger partial charge in [-0.25, -0.2) is 14.4 Å². The van der Waals surface area contributed by atoms with Gasteiger partial charge in [0.1, 0.15) is 36.0 Å². The van der Waals surface area contributed by atoms with Crippen molar-refractivity contribution >= 4 is 23.2 Å². The molecule has 208 valence electrons. The quantitative estimate of drug-likeness (QED) is 0.433. The number of carbonyl (C=O) groups excluding carboxylic acids is 1. The van der Waals surface area contributed by atoms with Gasteiger partial charge in [-0.1, -0.05) is 0 Å². The zero-order valence-electron chi connectivity index (χ0n) is 22.0. The summed E-state index contributed by atoms with van der Waals surface area (Å²) in [6.07, 6.45) is 1.34. The van der Waals surface area contributed by atoms with Gasteiger partial charge in [-0.3, -0.25) is 4.79 Å². The van der Waals surface area contributed by atoms with Crippen LogP contribution < -0.4 is 19.7 Å². The van der Waals surface area contributed by atoms with Crippen molar-refractivity contribution in [3.8, 4) is 28.8 Å². The molecule has 3 heterocycles. The Morgan fingerprint density at radius 1 is 1.23 bits per heavy atom. The molecule has 0 saturated carbocycles. The van der Waals surface area contributed by atoms with E-state index < -0.39 is 12.4 Å². The number of methoxy groups -OCH3 is 1. The van der Waals surface area contributed by atoms with Crippen LogP contribution in [0.2, 0.25) is 0 Å². The first-order valence-electron chi connectivity index (χ1n) is 12.9. The lowest BCUT2D eigenvalue weighted by atomic mass is 10.1. The Balaban J connectivity index is 1.33. The predicted octanol–water partition coefficient (Wildman–Crippen LogP) is 2.72. The Bertz CT molecular complexity index is 1420. The summed E-state index contributed by atoms with van der Waals surface area (Å²) in [6, 6.07) is 12.5. The third-order valence-corrected chi connectivity index (χ3v) is 6.83. The molecule has 0 radical (unpaired) electrons. The second-order valence-corrected chi connectivity index (χ2v) is 9.35. The monoisotopic (exact) mass is 548 g/mol. The van der Waals surface area contributed by atoms with E-state index in [-0.39, 0.29) is 29.2 Å². The van der Waals surface area contributed by atoms with Gasteiger partial charge in [0, 0.05) is 43.4 Å². The Kier molecular flexibility index (Phi) is 8.23. The summed E-state index contributed by atoms with van der Waals surface area (Å²) in [7, 11) is 1.60. The van der Waals surface area contributed by atoms with Crippen molar-refractivity contribution in [1.29, 1.82) is 5.26 Å². The molecule has 40 heavy (non-hydrogen) atoms. The van der Waals surface area contributed by atoms with Crippen molar-refractivity contribution in [3.63, 3.8) is 0 Å². The van der Waals surface area contributed by atoms with Crippen LogP contribution >= 0.6 is 0 Å². The zero-order chi connectivity index (χ0) is 28.1. The number of amides is 1. The topological polar surface area (TPSA) is 133 Å². The van der Waals surface area contributed by atoms with Crippen molar-refractivity contribution in [2.75, 3.05) is 63.3 Å². The van der Waals surface area contributed by atoms with Gasteiger partial charge in [0.25, 0.3) is 0 Å². The maximum atomic E-state index is 14.8. The number of rotatable bonds is 8. The summed E-state index contributed by atoms with van der Waals surface area (Å²) in [5, 5.41) is 21.9. The molecule has 2 aromatic carbocycles. The lowest BCUT2D eigenvalue weighted by Crippen LogP contribution is -2.36. The summed E-state index contributed by atoms with van der Waals surface area (Å²) in [6.45, 7) is 3.07. The fourth-order valence-electron chi connectivity index (χ4n) is 4.78. The van der Waals surface area contributed by atoms with E-state index in [1.165, 1.54) is 11.0 Å². The van der Waals surface area contributed by atoms with E-state index in [1.54, 1.807) is 19.2 Å². The number of likely N-dealkylation sites (tertiary alicyclic amines) is 1. The summed E-state index contributed by atoms with van der Waals surface area (Å²) >= 11 is 0. The van der Waals surface area contributed by atoms with Gasteiger partial charge in [-0.15, -0.1) is 0 Å². The molecule has 2 aliphatic heterocycles. The standard InChI is InChI=1S/C28H29FN6O5/c1-38-25-13-20(3-4-23(25)34-8-10-39-11-9-34)32-28-31-15-22(29)27(33-28)18-2-5-24(19(12-18)14-30)40-21-6-7-35(16-21)26(37)17-36/h2-5,12-13,15,21,36H,6-11,16-17H2,1H3,(H,31,32,33)/t21-/m1/s1. The number of halogens is 1. The minimum atomic E-state index is -0.641. The van der Waals surface area contributed by atoms with Gasteiger partial charge in [0.05, 0.1) is 44.3 Å². The Hall–Kier alpha value is -4.47. The largest absolute Gasteiger partial charge is 0.495 e. The molecule has 0 unspecified atom stereocenters. The van der Waals surface area contributed by atoms with Crippen LogP contribution in [0.5, 0.6) is 11.5 Å². The van der Waals surface area contributed by atoms with E-state index in [0.29, 0.717) is 55.5 Å². The number of morpholine rings is 1. The highest BCUT2D eigenvalue weighted by Gasteiger charge is 2.28. The minimum absolute atomic E-state index is 0.0260. The number of aliphatic hydroxyl groups excluding tert-OH is 1. The third kappa shape index (κ3) is 5.90. The molecular weight excluding hydrogens is 519 g/mol. The van der Waals surface area contributed by atoms with Crippen LogP contribution in [-0.2, 0) is 9.53 Å². The molecule has 1 atom stereocenters. The summed E-state index contributed by atoms with van der Waals surface area (Å²) in [5.41, 5.74) is 2.24. The normalized spacial score (nSPS) is 16.9. The van der Waals surface area contributed by atoms with Gasteiger partial charge >= 0.3 is 0 Å². The van der Waals surface area contributed by atoms with Gasteiger partial charge in [0.15, 0.2) is 5.82 Å². The summed E-state index contributed by atoms with van der Waals surface area (Å²) in [5.74, 6) is 0.176. The Morgan fingerprint density at radius 2 is 2.05 bits per heavy atom. The minimum Gasteiger partial charge on any atom is -0.495 e. The number of benzene rings is 2. The predicted molar refractivity (Wildman–Crippen MR) is 144 cm³/mol. The van der Waals surface area contributed by atoms with Gasteiger partial charge < -0.3 is 34.4 Å². The van der Waals surface area contributed by atoms with Crippen LogP contribution in [0.1, 0.15) is 12.0 Å². The second kappa shape index (κ2) is 12.1. The van der Waals surface area contributed by atoms with Crippen LogP contribution in [0.4, 0.5) is 21.7 Å². The maximum Gasteiger partial charge on any atom is 0.248 e. The fraction of sp³-hybridized carbons (Fsp3) is 0.357. The molecule has 2 fully saturated rings. The number of carbonyl (C=O) groups is 1. The molecule has 2 aliphatic rings. The first-order chi connectivity index (χ1) is 19.5. The van der Waals surface area contributed by atoms with Gasteiger partial charge in [-0.2, -0.15) is 5.26 Å². The number of nitrogens with one attached hydrogen (secondary N) is 1. The van der Waals surface area contributed by atoms with E-state index in [1.807, 2.05) is 18.2 Å². The van der Waals surface area contributed by atoms with E-state index in [9.17, 15) is 14.4 Å². The SMILES string of the molecule is COc1cc(Nc2ncc(F)c(-c3ccc(O[C@@H]4CCN(C(=O)CO)C4)c(C#N)c3)n2)ccc1N1CCOCC1. The molecule has 3 aromatic rings.